The molecule has 140 valence electrons. The van der Waals surface area contributed by atoms with E-state index in [2.05, 4.69) is 10.2 Å². The highest BCUT2D eigenvalue weighted by Crippen LogP contribution is 2.29. The van der Waals surface area contributed by atoms with E-state index in [9.17, 15) is 4.79 Å². The molecule has 1 amide bonds. The number of hydrogen-bond donors (Lipinski definition) is 0. The molecule has 0 aliphatic carbocycles. The van der Waals surface area contributed by atoms with Crippen LogP contribution in [0.3, 0.4) is 0 Å². The first kappa shape index (κ1) is 17.9. The van der Waals surface area contributed by atoms with Gasteiger partial charge in [-0.3, -0.25) is 4.79 Å². The maximum atomic E-state index is 12.8. The van der Waals surface area contributed by atoms with Gasteiger partial charge in [0.15, 0.2) is 11.3 Å². The lowest BCUT2D eigenvalue weighted by atomic mass is 10.0. The number of halogens is 1. The van der Waals surface area contributed by atoms with Crippen LogP contribution in [0, 0.1) is 6.92 Å². The summed E-state index contributed by atoms with van der Waals surface area (Å²) in [5, 5.41) is 14.0. The normalized spacial score (nSPS) is 14.7. The van der Waals surface area contributed by atoms with Crippen LogP contribution < -0.4 is 0 Å². The minimum Gasteiger partial charge on any atom is -0.378 e. The molecule has 4 rings (SSSR count). The van der Waals surface area contributed by atoms with Crippen LogP contribution in [-0.4, -0.2) is 56.9 Å². The molecule has 3 heterocycles. The number of hydrogen-bond acceptors (Lipinski definition) is 5. The van der Waals surface area contributed by atoms with Gasteiger partial charge >= 0.3 is 0 Å². The molecule has 0 radical (unpaired) electrons. The number of fused-ring (bicyclic) bond motifs is 1. The van der Waals surface area contributed by atoms with Gasteiger partial charge in [-0.25, -0.2) is 4.52 Å². The van der Waals surface area contributed by atoms with E-state index < -0.39 is 0 Å². The third-order valence-corrected chi connectivity index (χ3v) is 5.06. The molecule has 2 aromatic heterocycles. The zero-order valence-electron chi connectivity index (χ0n) is 15.3. The Morgan fingerprint density at radius 2 is 1.89 bits per heavy atom. The van der Waals surface area contributed by atoms with Crippen LogP contribution in [0.4, 0.5) is 0 Å². The number of morpholine rings is 1. The van der Waals surface area contributed by atoms with Crippen molar-refractivity contribution in [2.45, 2.75) is 20.3 Å². The lowest BCUT2D eigenvalue weighted by molar-refractivity contribution is 0.0297. The largest absolute Gasteiger partial charge is 0.378 e. The SMILES string of the molecule is CCc1nn2c(C)c(C(=O)N3CCOCC3)nnc2c1-c1ccc(Cl)cc1. The first-order valence-corrected chi connectivity index (χ1v) is 9.35. The summed E-state index contributed by atoms with van der Waals surface area (Å²) in [7, 11) is 0. The minimum atomic E-state index is -0.133. The number of aromatic nitrogens is 4. The monoisotopic (exact) mass is 385 g/mol. The molecular weight excluding hydrogens is 366 g/mol. The van der Waals surface area contributed by atoms with Crippen LogP contribution >= 0.6 is 11.6 Å². The van der Waals surface area contributed by atoms with Gasteiger partial charge in [0, 0.05) is 18.1 Å². The highest BCUT2D eigenvalue weighted by molar-refractivity contribution is 6.30. The van der Waals surface area contributed by atoms with Crippen molar-refractivity contribution in [3.8, 4) is 11.1 Å². The van der Waals surface area contributed by atoms with Crippen LogP contribution in [0.2, 0.25) is 5.02 Å². The molecular formula is C19H20ClN5O2. The van der Waals surface area contributed by atoms with Crippen molar-refractivity contribution in [2.24, 2.45) is 0 Å². The smallest absolute Gasteiger partial charge is 0.276 e. The molecule has 1 aliphatic heterocycles. The number of carbonyl (C=O) groups is 1. The summed E-state index contributed by atoms with van der Waals surface area (Å²) in [6, 6.07) is 7.58. The highest BCUT2D eigenvalue weighted by atomic mass is 35.5. The van der Waals surface area contributed by atoms with Crippen LogP contribution in [-0.2, 0) is 11.2 Å². The average Bonchev–Trinajstić information content (AvgIpc) is 3.09. The fourth-order valence-electron chi connectivity index (χ4n) is 3.32. The summed E-state index contributed by atoms with van der Waals surface area (Å²) in [5.74, 6) is -0.133. The molecule has 0 spiro atoms. The van der Waals surface area contributed by atoms with E-state index in [1.54, 1.807) is 9.42 Å². The number of ether oxygens (including phenoxy) is 1. The van der Waals surface area contributed by atoms with Crippen LogP contribution in [0.25, 0.3) is 16.8 Å². The highest BCUT2D eigenvalue weighted by Gasteiger charge is 2.25. The second-order valence-electron chi connectivity index (χ2n) is 6.46. The topological polar surface area (TPSA) is 72.6 Å². The van der Waals surface area contributed by atoms with E-state index in [1.165, 1.54) is 0 Å². The molecule has 1 aliphatic rings. The quantitative estimate of drug-likeness (QED) is 0.693. The second-order valence-corrected chi connectivity index (χ2v) is 6.89. The Labute approximate surface area is 161 Å². The molecule has 1 aromatic carbocycles. The van der Waals surface area contributed by atoms with Gasteiger partial charge in [0.2, 0.25) is 0 Å². The maximum absolute atomic E-state index is 12.8. The summed E-state index contributed by atoms with van der Waals surface area (Å²) >= 11 is 6.02. The Morgan fingerprint density at radius 3 is 2.56 bits per heavy atom. The average molecular weight is 386 g/mol. The number of carbonyl (C=O) groups excluding carboxylic acids is 1. The van der Waals surface area contributed by atoms with Crippen molar-refractivity contribution in [3.63, 3.8) is 0 Å². The standard InChI is InChI=1S/C19H20ClN5O2/c1-3-15-16(13-4-6-14(20)7-5-13)18-22-21-17(12(2)25(18)23-15)19(26)24-8-10-27-11-9-24/h4-7H,3,8-11H2,1-2H3. The Bertz CT molecular complexity index is 993. The fourth-order valence-corrected chi connectivity index (χ4v) is 3.45. The second kappa shape index (κ2) is 7.25. The zero-order chi connectivity index (χ0) is 19.0. The van der Waals surface area contributed by atoms with Gasteiger partial charge in [-0.2, -0.15) is 5.10 Å². The predicted octanol–water partition coefficient (Wildman–Crippen LogP) is 2.79. The number of rotatable bonds is 3. The maximum Gasteiger partial charge on any atom is 0.276 e. The zero-order valence-corrected chi connectivity index (χ0v) is 16.0. The molecule has 0 saturated carbocycles. The van der Waals surface area contributed by atoms with E-state index in [0.717, 1.165) is 23.2 Å². The number of amides is 1. The summed E-state index contributed by atoms with van der Waals surface area (Å²) in [6.07, 6.45) is 0.744. The van der Waals surface area contributed by atoms with E-state index >= 15 is 0 Å². The first-order valence-electron chi connectivity index (χ1n) is 8.98. The number of nitrogens with zero attached hydrogens (tertiary/aromatic N) is 5. The van der Waals surface area contributed by atoms with Crippen molar-refractivity contribution in [1.29, 1.82) is 0 Å². The van der Waals surface area contributed by atoms with E-state index in [4.69, 9.17) is 21.4 Å². The Morgan fingerprint density at radius 1 is 1.19 bits per heavy atom. The molecule has 1 fully saturated rings. The molecule has 7 nitrogen and oxygen atoms in total. The van der Waals surface area contributed by atoms with E-state index in [0.29, 0.717) is 48.4 Å². The summed E-state index contributed by atoms with van der Waals surface area (Å²) in [6.45, 7) is 6.11. The van der Waals surface area contributed by atoms with E-state index in [1.807, 2.05) is 38.1 Å². The van der Waals surface area contributed by atoms with Crippen LogP contribution in [0.1, 0.15) is 28.8 Å². The van der Waals surface area contributed by atoms with Crippen molar-refractivity contribution in [2.75, 3.05) is 26.3 Å². The van der Waals surface area contributed by atoms with Crippen molar-refractivity contribution >= 4 is 23.2 Å². The van der Waals surface area contributed by atoms with Crippen molar-refractivity contribution < 1.29 is 9.53 Å². The predicted molar refractivity (Wildman–Crippen MR) is 102 cm³/mol. The van der Waals surface area contributed by atoms with Gasteiger partial charge in [0.1, 0.15) is 0 Å². The third-order valence-electron chi connectivity index (χ3n) is 4.81. The van der Waals surface area contributed by atoms with Gasteiger partial charge in [-0.05, 0) is 31.0 Å². The van der Waals surface area contributed by atoms with Crippen LogP contribution in [0.15, 0.2) is 24.3 Å². The van der Waals surface area contributed by atoms with Gasteiger partial charge in [-0.15, -0.1) is 10.2 Å². The minimum absolute atomic E-state index is 0.133. The lowest BCUT2D eigenvalue weighted by Gasteiger charge is -2.26. The van der Waals surface area contributed by atoms with Gasteiger partial charge < -0.3 is 9.64 Å². The third kappa shape index (κ3) is 3.17. The van der Waals surface area contributed by atoms with Crippen molar-refractivity contribution in [1.82, 2.24) is 24.7 Å². The molecule has 27 heavy (non-hydrogen) atoms. The molecule has 8 heteroatoms. The molecule has 1 saturated heterocycles. The van der Waals surface area contributed by atoms with E-state index in [-0.39, 0.29) is 5.91 Å². The first-order chi connectivity index (χ1) is 13.1. The van der Waals surface area contributed by atoms with Gasteiger partial charge in [-0.1, -0.05) is 30.7 Å². The summed E-state index contributed by atoms with van der Waals surface area (Å²) < 4.78 is 7.05. The Kier molecular flexibility index (Phi) is 4.80. The Hall–Kier alpha value is -2.51. The number of benzene rings is 1. The van der Waals surface area contributed by atoms with Crippen LogP contribution in [0.5, 0.6) is 0 Å². The molecule has 0 bridgehead atoms. The summed E-state index contributed by atoms with van der Waals surface area (Å²) in [4.78, 5) is 14.6. The fraction of sp³-hybridized carbons (Fsp3) is 0.368. The molecule has 0 atom stereocenters. The van der Waals surface area contributed by atoms with Gasteiger partial charge in [0.05, 0.1) is 30.2 Å². The van der Waals surface area contributed by atoms with Crippen molar-refractivity contribution in [3.05, 3.63) is 46.4 Å². The van der Waals surface area contributed by atoms with Gasteiger partial charge in [0.25, 0.3) is 5.91 Å². The Balaban J connectivity index is 1.82. The molecule has 0 N–H and O–H groups in total. The summed E-state index contributed by atoms with van der Waals surface area (Å²) in [5.41, 5.74) is 4.47. The molecule has 0 unspecified atom stereocenters. The number of aryl methyl sites for hydroxylation is 2. The lowest BCUT2D eigenvalue weighted by Crippen LogP contribution is -2.41. The molecule has 3 aromatic rings.